The highest BCUT2D eigenvalue weighted by molar-refractivity contribution is 5.92. The summed E-state index contributed by atoms with van der Waals surface area (Å²) in [6.07, 6.45) is 6.82. The molecule has 3 unspecified atom stereocenters. The van der Waals surface area contributed by atoms with Gasteiger partial charge in [0.1, 0.15) is 11.5 Å². The lowest BCUT2D eigenvalue weighted by Crippen LogP contribution is -2.67. The van der Waals surface area contributed by atoms with Crippen LogP contribution >= 0.6 is 0 Å². The van der Waals surface area contributed by atoms with E-state index >= 15 is 0 Å². The molecule has 2 aliphatic carbocycles. The van der Waals surface area contributed by atoms with Crippen molar-refractivity contribution in [2.45, 2.75) is 62.9 Å². The molecular weight excluding hydrogens is 316 g/mol. The third-order valence-electron chi connectivity index (χ3n) is 5.65. The van der Waals surface area contributed by atoms with Crippen molar-refractivity contribution < 1.29 is 29.4 Å². The predicted octanol–water partition coefficient (Wildman–Crippen LogP) is 1.69. The highest BCUT2D eigenvalue weighted by atomic mass is 16.4. The van der Waals surface area contributed by atoms with Crippen LogP contribution in [0.4, 0.5) is 0 Å². The molecule has 2 aliphatic rings. The Morgan fingerprint density at radius 3 is 2.08 bits per heavy atom. The highest BCUT2D eigenvalue weighted by Gasteiger charge is 2.70. The predicted molar refractivity (Wildman–Crippen MR) is 80.9 cm³/mol. The van der Waals surface area contributed by atoms with Crippen LogP contribution in [0.1, 0.15) is 51.4 Å². The van der Waals surface area contributed by atoms with Crippen LogP contribution in [0.3, 0.4) is 0 Å². The van der Waals surface area contributed by atoms with Gasteiger partial charge in [-0.05, 0) is 38.0 Å². The van der Waals surface area contributed by atoms with Gasteiger partial charge in [0, 0.05) is 0 Å². The fourth-order valence-electron chi connectivity index (χ4n) is 4.68. The van der Waals surface area contributed by atoms with Crippen molar-refractivity contribution in [1.29, 1.82) is 0 Å². The molecule has 0 spiro atoms. The van der Waals surface area contributed by atoms with E-state index in [2.05, 4.69) is 9.98 Å². The molecule has 0 amide bonds. The van der Waals surface area contributed by atoms with Crippen molar-refractivity contribution in [3.63, 3.8) is 0 Å². The molecule has 2 rings (SSSR count). The van der Waals surface area contributed by atoms with Crippen molar-refractivity contribution >= 4 is 24.1 Å². The minimum atomic E-state index is -2.32. The van der Waals surface area contributed by atoms with Crippen LogP contribution in [0.5, 0.6) is 0 Å². The lowest BCUT2D eigenvalue weighted by Gasteiger charge is -2.52. The maximum atomic E-state index is 12.3. The van der Waals surface area contributed by atoms with Crippen molar-refractivity contribution in [2.24, 2.45) is 21.3 Å². The first-order valence-corrected chi connectivity index (χ1v) is 8.10. The van der Waals surface area contributed by atoms with Gasteiger partial charge >= 0.3 is 11.9 Å². The van der Waals surface area contributed by atoms with Gasteiger partial charge in [-0.1, -0.05) is 19.3 Å². The quantitative estimate of drug-likeness (QED) is 0.579. The number of rotatable bonds is 5. The zero-order valence-corrected chi connectivity index (χ0v) is 13.2. The molecule has 0 aliphatic heterocycles. The lowest BCUT2D eigenvalue weighted by molar-refractivity contribution is -0.177. The van der Waals surface area contributed by atoms with Crippen LogP contribution in [-0.4, -0.2) is 45.9 Å². The second kappa shape index (κ2) is 7.07. The Kier molecular flexibility index (Phi) is 5.32. The fraction of sp³-hybridized carbons (Fsp3) is 0.750. The molecule has 0 heterocycles. The first kappa shape index (κ1) is 18.0. The standard InChI is InChI=1S/C16H20N2O6/c19-9-17-12-7-4-8-15(13(21)22,11-5-2-1-3-6-11)16(12,14(23)24)18-10-20/h11-12H,1-8H2,(H,21,22)(H,23,24). The molecular formula is C16H20N2O6. The number of carbonyl (C=O) groups is 2. The number of aliphatic carboxylic acids is 2. The minimum absolute atomic E-state index is 0.0787. The van der Waals surface area contributed by atoms with E-state index in [-0.39, 0.29) is 12.8 Å². The largest absolute Gasteiger partial charge is 0.481 e. The Bertz CT molecular complexity index is 612. The van der Waals surface area contributed by atoms with E-state index in [9.17, 15) is 29.4 Å². The highest BCUT2D eigenvalue weighted by Crippen LogP contribution is 2.56. The smallest absolute Gasteiger partial charge is 0.336 e. The van der Waals surface area contributed by atoms with Gasteiger partial charge in [0.2, 0.25) is 17.7 Å². The van der Waals surface area contributed by atoms with Crippen molar-refractivity contribution in [2.75, 3.05) is 0 Å². The first-order valence-electron chi connectivity index (χ1n) is 8.10. The SMILES string of the molecule is O=C=NC1CCCC(C(=O)O)(C2CCCCC2)C1(N=C=O)C(=O)O. The maximum absolute atomic E-state index is 12.3. The molecule has 8 nitrogen and oxygen atoms in total. The Labute approximate surface area is 138 Å². The zero-order valence-electron chi connectivity index (χ0n) is 13.2. The lowest BCUT2D eigenvalue weighted by atomic mass is 9.51. The zero-order chi connectivity index (χ0) is 17.8. The van der Waals surface area contributed by atoms with Gasteiger partial charge in [0.05, 0.1) is 0 Å². The van der Waals surface area contributed by atoms with Gasteiger partial charge in [0.15, 0.2) is 0 Å². The maximum Gasteiger partial charge on any atom is 0.336 e. The average molecular weight is 336 g/mol. The number of carboxylic acid groups (broad SMARTS) is 2. The van der Waals surface area contributed by atoms with Gasteiger partial charge in [-0.2, -0.15) is 9.98 Å². The summed E-state index contributed by atoms with van der Waals surface area (Å²) in [5.41, 5.74) is -4.10. The van der Waals surface area contributed by atoms with Crippen LogP contribution in [-0.2, 0) is 19.2 Å². The molecule has 0 aromatic carbocycles. The van der Waals surface area contributed by atoms with E-state index in [1.807, 2.05) is 0 Å². The Morgan fingerprint density at radius 1 is 0.917 bits per heavy atom. The second-order valence-corrected chi connectivity index (χ2v) is 6.51. The normalized spacial score (nSPS) is 33.8. The summed E-state index contributed by atoms with van der Waals surface area (Å²) in [5, 5.41) is 20.0. The van der Waals surface area contributed by atoms with E-state index in [0.29, 0.717) is 19.3 Å². The van der Waals surface area contributed by atoms with E-state index in [0.717, 1.165) is 19.3 Å². The summed E-state index contributed by atoms with van der Waals surface area (Å²) in [6.45, 7) is 0. The van der Waals surface area contributed by atoms with Crippen LogP contribution in [0.2, 0.25) is 0 Å². The molecule has 130 valence electrons. The van der Waals surface area contributed by atoms with Gasteiger partial charge in [0.25, 0.3) is 0 Å². The minimum Gasteiger partial charge on any atom is -0.481 e. The Morgan fingerprint density at radius 2 is 1.58 bits per heavy atom. The molecule has 8 heteroatoms. The number of hydrogen-bond acceptors (Lipinski definition) is 6. The van der Waals surface area contributed by atoms with Gasteiger partial charge in [-0.25, -0.2) is 14.4 Å². The van der Waals surface area contributed by atoms with Gasteiger partial charge in [-0.15, -0.1) is 0 Å². The van der Waals surface area contributed by atoms with Crippen molar-refractivity contribution in [1.82, 2.24) is 0 Å². The monoisotopic (exact) mass is 336 g/mol. The molecule has 2 fully saturated rings. The number of carboxylic acids is 2. The molecule has 0 aromatic rings. The summed E-state index contributed by atoms with van der Waals surface area (Å²) in [7, 11) is 0. The fourth-order valence-corrected chi connectivity index (χ4v) is 4.68. The number of isocyanates is 2. The van der Waals surface area contributed by atoms with Crippen LogP contribution < -0.4 is 0 Å². The third-order valence-corrected chi connectivity index (χ3v) is 5.65. The topological polar surface area (TPSA) is 133 Å². The molecule has 3 atom stereocenters. The summed E-state index contributed by atoms with van der Waals surface area (Å²) in [4.78, 5) is 53.4. The van der Waals surface area contributed by atoms with Gasteiger partial charge < -0.3 is 10.2 Å². The Balaban J connectivity index is 2.75. The number of aliphatic imine (C=N–C) groups is 2. The van der Waals surface area contributed by atoms with Crippen LogP contribution in [0.15, 0.2) is 9.98 Å². The van der Waals surface area contributed by atoms with E-state index < -0.39 is 34.9 Å². The average Bonchev–Trinajstić information content (AvgIpc) is 2.57. The Hall–Kier alpha value is -2.30. The summed E-state index contributed by atoms with van der Waals surface area (Å²) in [5.74, 6) is -3.30. The van der Waals surface area contributed by atoms with Gasteiger partial charge in [-0.3, -0.25) is 4.79 Å². The van der Waals surface area contributed by atoms with Crippen LogP contribution in [0.25, 0.3) is 0 Å². The first-order chi connectivity index (χ1) is 11.5. The molecule has 0 bridgehead atoms. The number of hydrogen-bond donors (Lipinski definition) is 2. The van der Waals surface area contributed by atoms with E-state index in [4.69, 9.17) is 0 Å². The molecule has 2 N–H and O–H groups in total. The third kappa shape index (κ3) is 2.48. The number of nitrogens with zero attached hydrogens (tertiary/aromatic N) is 2. The van der Waals surface area contributed by atoms with Crippen molar-refractivity contribution in [3.8, 4) is 0 Å². The van der Waals surface area contributed by atoms with E-state index in [1.165, 1.54) is 12.2 Å². The van der Waals surface area contributed by atoms with E-state index in [1.54, 1.807) is 0 Å². The summed E-state index contributed by atoms with van der Waals surface area (Å²) < 4.78 is 0. The van der Waals surface area contributed by atoms with Crippen molar-refractivity contribution in [3.05, 3.63) is 0 Å². The number of carbonyl (C=O) groups excluding carboxylic acids is 2. The summed E-state index contributed by atoms with van der Waals surface area (Å²) >= 11 is 0. The van der Waals surface area contributed by atoms with Crippen LogP contribution in [0, 0.1) is 11.3 Å². The molecule has 24 heavy (non-hydrogen) atoms. The summed E-state index contributed by atoms with van der Waals surface area (Å²) in [6, 6.07) is -1.24. The second-order valence-electron chi connectivity index (χ2n) is 6.51. The molecule has 0 radical (unpaired) electrons. The molecule has 0 saturated heterocycles. The molecule has 0 aromatic heterocycles. The molecule has 2 saturated carbocycles.